The van der Waals surface area contributed by atoms with Crippen molar-refractivity contribution in [2.75, 3.05) is 13.2 Å². The summed E-state index contributed by atoms with van der Waals surface area (Å²) in [5, 5.41) is 9.03. The third-order valence-electron chi connectivity index (χ3n) is 5.32. The minimum Gasteiger partial charge on any atom is -0.377 e. The number of hydrogen-bond acceptors (Lipinski definition) is 7. The van der Waals surface area contributed by atoms with Crippen molar-refractivity contribution in [3.8, 4) is 0 Å². The monoisotopic (exact) mass is 416 g/mol. The van der Waals surface area contributed by atoms with Gasteiger partial charge in [-0.05, 0) is 31.0 Å². The molecule has 0 amide bonds. The average Bonchev–Trinajstić information content (AvgIpc) is 3.34. The Morgan fingerprint density at radius 2 is 1.97 bits per heavy atom. The van der Waals surface area contributed by atoms with Crippen LogP contribution in [0.25, 0.3) is 11.0 Å². The van der Waals surface area contributed by atoms with E-state index in [1.165, 1.54) is 10.7 Å². The van der Waals surface area contributed by atoms with Gasteiger partial charge < -0.3 is 9.26 Å². The molecule has 2 atom stereocenters. The molecule has 1 N–H and O–H groups in total. The van der Waals surface area contributed by atoms with Crippen molar-refractivity contribution < 1.29 is 17.7 Å². The highest BCUT2D eigenvalue weighted by Crippen LogP contribution is 2.38. The summed E-state index contributed by atoms with van der Waals surface area (Å²) in [4.78, 5) is 12.4. The van der Waals surface area contributed by atoms with Gasteiger partial charge in [0, 0.05) is 17.4 Å². The Hall–Kier alpha value is -2.56. The maximum Gasteiger partial charge on any atom is 0.267 e. The average molecular weight is 416 g/mol. The molecular formula is C19H20N4O5S. The molecule has 1 saturated carbocycles. The highest BCUT2D eigenvalue weighted by molar-refractivity contribution is 7.88. The summed E-state index contributed by atoms with van der Waals surface area (Å²) >= 11 is 0. The predicted octanol–water partition coefficient (Wildman–Crippen LogP) is 1.32. The van der Waals surface area contributed by atoms with Crippen LogP contribution in [0.3, 0.4) is 0 Å². The number of benzene rings is 1. The Bertz CT molecular complexity index is 1210. The highest BCUT2D eigenvalue weighted by Gasteiger charge is 2.35. The third kappa shape index (κ3) is 3.70. The van der Waals surface area contributed by atoms with Crippen LogP contribution in [0.1, 0.15) is 36.2 Å². The molecule has 3 aromatic rings. The van der Waals surface area contributed by atoms with Crippen LogP contribution < -0.4 is 10.3 Å². The Morgan fingerprint density at radius 1 is 1.14 bits per heavy atom. The summed E-state index contributed by atoms with van der Waals surface area (Å²) in [5.41, 5.74) is 1.48. The van der Waals surface area contributed by atoms with Crippen LogP contribution >= 0.6 is 0 Å². The van der Waals surface area contributed by atoms with Gasteiger partial charge in [-0.15, -0.1) is 0 Å². The van der Waals surface area contributed by atoms with Crippen LogP contribution in [0.2, 0.25) is 0 Å². The zero-order valence-electron chi connectivity index (χ0n) is 15.5. The van der Waals surface area contributed by atoms with Crippen LogP contribution in [0.4, 0.5) is 0 Å². The Kier molecular flexibility index (Phi) is 4.49. The van der Waals surface area contributed by atoms with Crippen LogP contribution in [-0.2, 0) is 20.5 Å². The summed E-state index contributed by atoms with van der Waals surface area (Å²) in [5.74, 6) is 0.0669. The van der Waals surface area contributed by atoms with Crippen molar-refractivity contribution in [1.29, 1.82) is 0 Å². The molecule has 2 fully saturated rings. The molecule has 5 rings (SSSR count). The van der Waals surface area contributed by atoms with Gasteiger partial charge in [-0.3, -0.25) is 4.79 Å². The molecule has 2 aromatic heterocycles. The SMILES string of the molecule is O=c1ccc(C2CC2)nn1C1COCC1NS(=O)(=O)Cc1noc2ccccc12. The number of para-hydroxylation sites is 1. The fraction of sp³-hybridized carbons (Fsp3) is 0.421. The van der Waals surface area contributed by atoms with Gasteiger partial charge in [0.25, 0.3) is 5.56 Å². The van der Waals surface area contributed by atoms with E-state index >= 15 is 0 Å². The molecule has 0 spiro atoms. The number of nitrogens with zero attached hydrogens (tertiary/aromatic N) is 3. The molecular weight excluding hydrogens is 396 g/mol. The topological polar surface area (TPSA) is 116 Å². The Morgan fingerprint density at radius 3 is 2.79 bits per heavy atom. The first-order valence-electron chi connectivity index (χ1n) is 9.51. The number of sulfonamides is 1. The summed E-state index contributed by atoms with van der Waals surface area (Å²) < 4.78 is 40.3. The summed E-state index contributed by atoms with van der Waals surface area (Å²) in [7, 11) is -3.74. The van der Waals surface area contributed by atoms with Gasteiger partial charge in [-0.2, -0.15) is 5.10 Å². The molecule has 152 valence electrons. The quantitative estimate of drug-likeness (QED) is 0.644. The van der Waals surface area contributed by atoms with Gasteiger partial charge in [0.2, 0.25) is 10.0 Å². The lowest BCUT2D eigenvalue weighted by Crippen LogP contribution is -2.44. The molecule has 1 aliphatic carbocycles. The second-order valence-electron chi connectivity index (χ2n) is 7.53. The molecule has 1 aliphatic heterocycles. The molecule has 2 aliphatic rings. The lowest BCUT2D eigenvalue weighted by atomic mass is 10.2. The lowest BCUT2D eigenvalue weighted by Gasteiger charge is -2.20. The van der Waals surface area contributed by atoms with E-state index in [1.807, 2.05) is 0 Å². The zero-order valence-corrected chi connectivity index (χ0v) is 16.3. The first kappa shape index (κ1) is 18.5. The van der Waals surface area contributed by atoms with Gasteiger partial charge in [0.1, 0.15) is 11.4 Å². The maximum atomic E-state index is 12.8. The van der Waals surface area contributed by atoms with E-state index in [0.29, 0.717) is 22.6 Å². The Balaban J connectivity index is 1.37. The first-order chi connectivity index (χ1) is 14.0. The Labute approximate surface area is 166 Å². The van der Waals surface area contributed by atoms with Crippen LogP contribution in [-0.4, -0.2) is 42.6 Å². The van der Waals surface area contributed by atoms with Crippen molar-refractivity contribution in [3.05, 3.63) is 58.1 Å². The van der Waals surface area contributed by atoms with Crippen LogP contribution in [0, 0.1) is 0 Å². The zero-order chi connectivity index (χ0) is 20.0. The second-order valence-corrected chi connectivity index (χ2v) is 9.28. The molecule has 9 nitrogen and oxygen atoms in total. The number of ether oxygens (including phenoxy) is 1. The largest absolute Gasteiger partial charge is 0.377 e. The molecule has 1 saturated heterocycles. The molecule has 10 heteroatoms. The normalized spacial score (nSPS) is 22.3. The van der Waals surface area contributed by atoms with E-state index in [0.717, 1.165) is 18.5 Å². The van der Waals surface area contributed by atoms with Crippen molar-refractivity contribution in [1.82, 2.24) is 19.7 Å². The van der Waals surface area contributed by atoms with E-state index in [9.17, 15) is 13.2 Å². The number of fused-ring (bicyclic) bond motifs is 1. The number of rotatable bonds is 6. The number of aromatic nitrogens is 3. The fourth-order valence-electron chi connectivity index (χ4n) is 3.67. The fourth-order valence-corrected chi connectivity index (χ4v) is 5.00. The highest BCUT2D eigenvalue weighted by atomic mass is 32.2. The molecule has 0 radical (unpaired) electrons. The van der Waals surface area contributed by atoms with E-state index in [2.05, 4.69) is 15.0 Å². The standard InChI is InChI=1S/C19H20N4O5S/c24-19-8-7-14(12-5-6-12)20-23(19)17-10-27-9-15(17)22-29(25,26)11-16-13-3-1-2-4-18(13)28-21-16/h1-4,7-8,12,15,17,22H,5-6,9-11H2. The summed E-state index contributed by atoms with van der Waals surface area (Å²) in [6.45, 7) is 0.395. The number of nitrogens with one attached hydrogen (secondary N) is 1. The minimum absolute atomic E-state index is 0.172. The maximum absolute atomic E-state index is 12.8. The smallest absolute Gasteiger partial charge is 0.267 e. The van der Waals surface area contributed by atoms with E-state index < -0.39 is 22.1 Å². The molecule has 1 aromatic carbocycles. The van der Waals surface area contributed by atoms with Crippen LogP contribution in [0.5, 0.6) is 0 Å². The van der Waals surface area contributed by atoms with Crippen LogP contribution in [0.15, 0.2) is 45.7 Å². The van der Waals surface area contributed by atoms with E-state index in [-0.39, 0.29) is 24.5 Å². The van der Waals surface area contributed by atoms with Gasteiger partial charge in [-0.25, -0.2) is 17.8 Å². The van der Waals surface area contributed by atoms with Gasteiger partial charge in [-0.1, -0.05) is 17.3 Å². The van der Waals surface area contributed by atoms with Gasteiger partial charge >= 0.3 is 0 Å². The molecule has 3 heterocycles. The van der Waals surface area contributed by atoms with Crippen molar-refractivity contribution in [2.24, 2.45) is 0 Å². The van der Waals surface area contributed by atoms with Gasteiger partial charge in [0.15, 0.2) is 5.58 Å². The number of hydrogen-bond donors (Lipinski definition) is 1. The third-order valence-corrected chi connectivity index (χ3v) is 6.63. The van der Waals surface area contributed by atoms with Crippen molar-refractivity contribution in [2.45, 2.75) is 36.6 Å². The second kappa shape index (κ2) is 7.05. The first-order valence-corrected chi connectivity index (χ1v) is 11.2. The predicted molar refractivity (Wildman–Crippen MR) is 104 cm³/mol. The summed E-state index contributed by atoms with van der Waals surface area (Å²) in [6.07, 6.45) is 2.13. The van der Waals surface area contributed by atoms with E-state index in [4.69, 9.17) is 9.26 Å². The van der Waals surface area contributed by atoms with Crippen molar-refractivity contribution >= 4 is 21.0 Å². The molecule has 0 bridgehead atoms. The minimum atomic E-state index is -3.74. The molecule has 2 unspecified atom stereocenters. The van der Waals surface area contributed by atoms with Gasteiger partial charge in [0.05, 0.1) is 31.0 Å². The van der Waals surface area contributed by atoms with Crippen molar-refractivity contribution in [3.63, 3.8) is 0 Å². The lowest BCUT2D eigenvalue weighted by molar-refractivity contribution is 0.181. The molecule has 29 heavy (non-hydrogen) atoms. The summed E-state index contributed by atoms with van der Waals surface area (Å²) in [6, 6.07) is 9.26. The van der Waals surface area contributed by atoms with E-state index in [1.54, 1.807) is 30.3 Å².